The summed E-state index contributed by atoms with van der Waals surface area (Å²) in [5.74, 6) is 0.343. The number of rotatable bonds is 5. The van der Waals surface area contributed by atoms with Gasteiger partial charge in [-0.05, 0) is 25.7 Å². The standard InChI is InChI=1S/C10H15BrO3/c11-10(4-5-10)8(12)2-1-3-9-13-6-7-14-9/h9H,1-7H2. The Morgan fingerprint density at radius 1 is 1.36 bits per heavy atom. The highest BCUT2D eigenvalue weighted by atomic mass is 79.9. The molecule has 1 saturated heterocycles. The summed E-state index contributed by atoms with van der Waals surface area (Å²) in [6.07, 6.45) is 4.30. The van der Waals surface area contributed by atoms with Gasteiger partial charge in [0.1, 0.15) is 5.78 Å². The van der Waals surface area contributed by atoms with E-state index in [0.717, 1.165) is 25.7 Å². The average molecular weight is 263 g/mol. The van der Waals surface area contributed by atoms with Gasteiger partial charge in [0.2, 0.25) is 0 Å². The Morgan fingerprint density at radius 3 is 2.57 bits per heavy atom. The van der Waals surface area contributed by atoms with Crippen molar-refractivity contribution in [2.45, 2.75) is 42.7 Å². The average Bonchev–Trinajstić information content (AvgIpc) is 2.73. The molecule has 80 valence electrons. The van der Waals surface area contributed by atoms with Gasteiger partial charge in [-0.3, -0.25) is 4.79 Å². The van der Waals surface area contributed by atoms with Crippen LogP contribution in [-0.2, 0) is 14.3 Å². The summed E-state index contributed by atoms with van der Waals surface area (Å²) in [5.41, 5.74) is 0. The van der Waals surface area contributed by atoms with Crippen molar-refractivity contribution in [2.75, 3.05) is 13.2 Å². The maximum atomic E-state index is 11.6. The molecule has 0 aromatic heterocycles. The van der Waals surface area contributed by atoms with Gasteiger partial charge in [0.25, 0.3) is 0 Å². The van der Waals surface area contributed by atoms with Gasteiger partial charge in [-0.15, -0.1) is 0 Å². The molecule has 3 nitrogen and oxygen atoms in total. The molecule has 0 unspecified atom stereocenters. The summed E-state index contributed by atoms with van der Waals surface area (Å²) in [6, 6.07) is 0. The normalized spacial score (nSPS) is 25.2. The molecule has 0 radical (unpaired) electrons. The van der Waals surface area contributed by atoms with Gasteiger partial charge < -0.3 is 9.47 Å². The van der Waals surface area contributed by atoms with Gasteiger partial charge in [-0.1, -0.05) is 15.9 Å². The lowest BCUT2D eigenvalue weighted by atomic mass is 10.1. The van der Waals surface area contributed by atoms with Crippen molar-refractivity contribution < 1.29 is 14.3 Å². The number of ketones is 1. The van der Waals surface area contributed by atoms with Crippen molar-refractivity contribution in [3.8, 4) is 0 Å². The summed E-state index contributed by atoms with van der Waals surface area (Å²) in [6.45, 7) is 1.39. The Balaban J connectivity index is 1.60. The van der Waals surface area contributed by atoms with Crippen LogP contribution in [0, 0.1) is 0 Å². The fourth-order valence-corrected chi connectivity index (χ4v) is 2.01. The smallest absolute Gasteiger partial charge is 0.157 e. The highest BCUT2D eigenvalue weighted by Crippen LogP contribution is 2.46. The molecule has 1 aliphatic carbocycles. The Kier molecular flexibility index (Phi) is 3.24. The number of halogens is 1. The molecule has 2 rings (SSSR count). The minimum absolute atomic E-state index is 0.0618. The molecular weight excluding hydrogens is 248 g/mol. The van der Waals surface area contributed by atoms with Crippen LogP contribution in [0.1, 0.15) is 32.1 Å². The summed E-state index contributed by atoms with van der Waals surface area (Å²) in [4.78, 5) is 11.6. The van der Waals surface area contributed by atoms with E-state index in [4.69, 9.17) is 9.47 Å². The molecule has 2 fully saturated rings. The minimum atomic E-state index is -0.148. The molecule has 1 aliphatic heterocycles. The molecule has 0 amide bonds. The van der Waals surface area contributed by atoms with Gasteiger partial charge in [-0.25, -0.2) is 0 Å². The van der Waals surface area contributed by atoms with E-state index in [1.807, 2.05) is 0 Å². The van der Waals surface area contributed by atoms with Crippen LogP contribution in [-0.4, -0.2) is 29.6 Å². The second-order valence-corrected chi connectivity index (χ2v) is 5.47. The lowest BCUT2D eigenvalue weighted by Gasteiger charge is -2.09. The van der Waals surface area contributed by atoms with Gasteiger partial charge in [0, 0.05) is 6.42 Å². The van der Waals surface area contributed by atoms with Crippen LogP contribution in [0.5, 0.6) is 0 Å². The third-order valence-corrected chi connectivity index (χ3v) is 3.96. The first kappa shape index (κ1) is 10.6. The third-order valence-electron chi connectivity index (χ3n) is 2.72. The molecule has 0 bridgehead atoms. The first-order valence-electron chi connectivity index (χ1n) is 5.16. The fraction of sp³-hybridized carbons (Fsp3) is 0.900. The van der Waals surface area contributed by atoms with Crippen LogP contribution in [0.4, 0.5) is 0 Å². The van der Waals surface area contributed by atoms with Crippen LogP contribution in [0.25, 0.3) is 0 Å². The molecule has 0 aromatic carbocycles. The number of Topliss-reactive ketones (excluding diaryl/α,β-unsaturated/α-hetero) is 1. The first-order chi connectivity index (χ1) is 6.71. The van der Waals surface area contributed by atoms with E-state index in [0.29, 0.717) is 25.4 Å². The Hall–Kier alpha value is 0.0700. The second kappa shape index (κ2) is 4.29. The lowest BCUT2D eigenvalue weighted by Crippen LogP contribution is -2.15. The molecule has 0 spiro atoms. The quantitative estimate of drug-likeness (QED) is 0.712. The van der Waals surface area contributed by atoms with Crippen molar-refractivity contribution in [3.05, 3.63) is 0 Å². The summed E-state index contributed by atoms with van der Waals surface area (Å²) >= 11 is 3.46. The van der Waals surface area contributed by atoms with Crippen molar-refractivity contribution >= 4 is 21.7 Å². The molecule has 2 aliphatic rings. The maximum Gasteiger partial charge on any atom is 0.157 e. The molecule has 0 aromatic rings. The van der Waals surface area contributed by atoms with Gasteiger partial charge in [0.15, 0.2) is 6.29 Å². The first-order valence-corrected chi connectivity index (χ1v) is 5.95. The summed E-state index contributed by atoms with van der Waals surface area (Å²) < 4.78 is 10.4. The summed E-state index contributed by atoms with van der Waals surface area (Å²) in [7, 11) is 0. The van der Waals surface area contributed by atoms with Crippen molar-refractivity contribution in [3.63, 3.8) is 0 Å². The third kappa shape index (κ3) is 2.55. The van der Waals surface area contributed by atoms with E-state index in [1.54, 1.807) is 0 Å². The molecule has 1 saturated carbocycles. The molecular formula is C10H15BrO3. The van der Waals surface area contributed by atoms with Gasteiger partial charge >= 0.3 is 0 Å². The molecule has 0 N–H and O–H groups in total. The van der Waals surface area contributed by atoms with Gasteiger partial charge in [0.05, 0.1) is 17.5 Å². The van der Waals surface area contributed by atoms with Crippen LogP contribution in [0.3, 0.4) is 0 Å². The van der Waals surface area contributed by atoms with Gasteiger partial charge in [-0.2, -0.15) is 0 Å². The largest absolute Gasteiger partial charge is 0.350 e. The molecule has 4 heteroatoms. The van der Waals surface area contributed by atoms with E-state index >= 15 is 0 Å². The van der Waals surface area contributed by atoms with Crippen molar-refractivity contribution in [1.29, 1.82) is 0 Å². The lowest BCUT2D eigenvalue weighted by molar-refractivity contribution is -0.119. The number of alkyl halides is 1. The molecule has 0 atom stereocenters. The van der Waals surface area contributed by atoms with Crippen LogP contribution < -0.4 is 0 Å². The Labute approximate surface area is 92.3 Å². The number of hydrogen-bond donors (Lipinski definition) is 0. The molecule has 14 heavy (non-hydrogen) atoms. The zero-order chi connectivity index (χ0) is 10.0. The van der Waals surface area contributed by atoms with E-state index in [-0.39, 0.29) is 10.6 Å². The SMILES string of the molecule is O=C(CCCC1OCCO1)C1(Br)CC1. The van der Waals surface area contributed by atoms with E-state index < -0.39 is 0 Å². The number of carbonyl (C=O) groups excluding carboxylic acids is 1. The zero-order valence-electron chi connectivity index (χ0n) is 8.13. The number of carbonyl (C=O) groups is 1. The van der Waals surface area contributed by atoms with E-state index in [9.17, 15) is 4.79 Å². The topological polar surface area (TPSA) is 35.5 Å². The maximum absolute atomic E-state index is 11.6. The van der Waals surface area contributed by atoms with Crippen LogP contribution in [0.2, 0.25) is 0 Å². The van der Waals surface area contributed by atoms with Crippen LogP contribution in [0.15, 0.2) is 0 Å². The summed E-state index contributed by atoms with van der Waals surface area (Å²) in [5, 5.41) is 0. The Bertz CT molecular complexity index is 219. The second-order valence-electron chi connectivity index (χ2n) is 3.95. The van der Waals surface area contributed by atoms with Crippen molar-refractivity contribution in [1.82, 2.24) is 0 Å². The Morgan fingerprint density at radius 2 is 2.00 bits per heavy atom. The fourth-order valence-electron chi connectivity index (χ4n) is 1.62. The predicted octanol–water partition coefficient (Wildman–Crippen LogP) is 2.03. The monoisotopic (exact) mass is 262 g/mol. The van der Waals surface area contributed by atoms with E-state index in [1.165, 1.54) is 0 Å². The molecule has 1 heterocycles. The number of ether oxygens (including phenoxy) is 2. The van der Waals surface area contributed by atoms with Crippen LogP contribution >= 0.6 is 15.9 Å². The highest BCUT2D eigenvalue weighted by molar-refractivity contribution is 9.10. The highest BCUT2D eigenvalue weighted by Gasteiger charge is 2.46. The van der Waals surface area contributed by atoms with Crippen molar-refractivity contribution in [2.24, 2.45) is 0 Å². The predicted molar refractivity (Wildman–Crippen MR) is 55.4 cm³/mol. The van der Waals surface area contributed by atoms with E-state index in [2.05, 4.69) is 15.9 Å². The zero-order valence-corrected chi connectivity index (χ0v) is 9.72. The minimum Gasteiger partial charge on any atom is -0.350 e. The number of hydrogen-bond acceptors (Lipinski definition) is 3.